The van der Waals surface area contributed by atoms with E-state index in [1.807, 2.05) is 18.3 Å². The molecule has 2 aromatic heterocycles. The van der Waals surface area contributed by atoms with Crippen LogP contribution < -0.4 is 10.2 Å². The van der Waals surface area contributed by atoms with Crippen LogP contribution in [0.5, 0.6) is 0 Å². The van der Waals surface area contributed by atoms with Gasteiger partial charge in [0.25, 0.3) is 0 Å². The molecule has 1 amide bonds. The standard InChI is InChI=1S/C15H20N6O/c22-15(6-9-21-12-16-11-18-21)19-14-5-4-13(10-17-14)20-7-2-1-3-8-20/h4-5,10-12H,1-3,6-9H2,(H,17,19,22). The van der Waals surface area contributed by atoms with Gasteiger partial charge in [0, 0.05) is 19.5 Å². The molecular formula is C15H20N6O. The van der Waals surface area contributed by atoms with Crippen LogP contribution >= 0.6 is 0 Å². The van der Waals surface area contributed by atoms with Crippen molar-refractivity contribution in [3.05, 3.63) is 31.0 Å². The monoisotopic (exact) mass is 300 g/mol. The van der Waals surface area contributed by atoms with Gasteiger partial charge in [-0.15, -0.1) is 0 Å². The fraction of sp³-hybridized carbons (Fsp3) is 0.467. The van der Waals surface area contributed by atoms with E-state index in [-0.39, 0.29) is 5.91 Å². The Labute approximate surface area is 129 Å². The number of carbonyl (C=O) groups excluding carboxylic acids is 1. The summed E-state index contributed by atoms with van der Waals surface area (Å²) < 4.78 is 1.63. The van der Waals surface area contributed by atoms with Gasteiger partial charge in [0.15, 0.2) is 0 Å². The van der Waals surface area contributed by atoms with Crippen LogP contribution in [0, 0.1) is 0 Å². The smallest absolute Gasteiger partial charge is 0.227 e. The Bertz CT molecular complexity index is 589. The molecular weight excluding hydrogens is 280 g/mol. The average Bonchev–Trinajstić information content (AvgIpc) is 3.08. The molecule has 116 valence electrons. The zero-order valence-corrected chi connectivity index (χ0v) is 12.5. The number of nitrogens with zero attached hydrogens (tertiary/aromatic N) is 5. The number of amides is 1. The molecule has 3 heterocycles. The van der Waals surface area contributed by atoms with E-state index in [0.717, 1.165) is 18.8 Å². The van der Waals surface area contributed by atoms with Gasteiger partial charge >= 0.3 is 0 Å². The lowest BCUT2D eigenvalue weighted by atomic mass is 10.1. The number of pyridine rings is 1. The molecule has 3 rings (SSSR count). The van der Waals surface area contributed by atoms with Crippen molar-refractivity contribution in [1.82, 2.24) is 19.7 Å². The minimum absolute atomic E-state index is 0.0753. The van der Waals surface area contributed by atoms with Crippen molar-refractivity contribution in [2.45, 2.75) is 32.2 Å². The molecule has 22 heavy (non-hydrogen) atoms. The quantitative estimate of drug-likeness (QED) is 0.909. The van der Waals surface area contributed by atoms with Crippen LogP contribution in [-0.2, 0) is 11.3 Å². The molecule has 0 bridgehead atoms. The summed E-state index contributed by atoms with van der Waals surface area (Å²) in [7, 11) is 0. The topological polar surface area (TPSA) is 75.9 Å². The van der Waals surface area contributed by atoms with Crippen LogP contribution in [-0.4, -0.2) is 38.7 Å². The molecule has 7 nitrogen and oxygen atoms in total. The van der Waals surface area contributed by atoms with Crippen molar-refractivity contribution in [2.75, 3.05) is 23.3 Å². The van der Waals surface area contributed by atoms with E-state index in [9.17, 15) is 4.79 Å². The highest BCUT2D eigenvalue weighted by molar-refractivity contribution is 5.89. The summed E-state index contributed by atoms with van der Waals surface area (Å²) in [6.45, 7) is 2.69. The highest BCUT2D eigenvalue weighted by Gasteiger charge is 2.11. The first kappa shape index (κ1) is 14.5. The molecule has 1 aliphatic rings. The molecule has 7 heteroatoms. The molecule has 0 aromatic carbocycles. The summed E-state index contributed by atoms with van der Waals surface area (Å²) in [5.41, 5.74) is 1.13. The Balaban J connectivity index is 1.50. The molecule has 0 aliphatic carbocycles. The molecule has 0 saturated carbocycles. The first-order valence-electron chi connectivity index (χ1n) is 7.64. The number of aryl methyl sites for hydroxylation is 1. The van der Waals surface area contributed by atoms with E-state index in [1.165, 1.54) is 25.6 Å². The molecule has 1 aliphatic heterocycles. The molecule has 1 fully saturated rings. The van der Waals surface area contributed by atoms with Crippen LogP contribution in [0.4, 0.5) is 11.5 Å². The molecule has 2 aromatic rings. The van der Waals surface area contributed by atoms with Gasteiger partial charge in [-0.05, 0) is 31.4 Å². The van der Waals surface area contributed by atoms with Crippen molar-refractivity contribution < 1.29 is 4.79 Å². The second kappa shape index (κ2) is 7.02. The summed E-state index contributed by atoms with van der Waals surface area (Å²) in [4.78, 5) is 22.4. The van der Waals surface area contributed by atoms with Crippen molar-refractivity contribution in [3.63, 3.8) is 0 Å². The zero-order chi connectivity index (χ0) is 15.2. The fourth-order valence-corrected chi connectivity index (χ4v) is 2.57. The first-order valence-corrected chi connectivity index (χ1v) is 7.64. The molecule has 0 spiro atoms. The van der Waals surface area contributed by atoms with Gasteiger partial charge in [-0.25, -0.2) is 9.97 Å². The molecule has 1 N–H and O–H groups in total. The highest BCUT2D eigenvalue weighted by atomic mass is 16.1. The number of aromatic nitrogens is 4. The Kier molecular flexibility index (Phi) is 4.62. The molecule has 0 unspecified atom stereocenters. The van der Waals surface area contributed by atoms with Crippen LogP contribution in [0.2, 0.25) is 0 Å². The summed E-state index contributed by atoms with van der Waals surface area (Å²) in [5.74, 6) is 0.512. The second-order valence-corrected chi connectivity index (χ2v) is 5.41. The minimum Gasteiger partial charge on any atom is -0.370 e. The third kappa shape index (κ3) is 3.81. The van der Waals surface area contributed by atoms with Gasteiger partial charge in [-0.3, -0.25) is 9.48 Å². The van der Waals surface area contributed by atoms with Gasteiger partial charge in [0.05, 0.1) is 18.4 Å². The van der Waals surface area contributed by atoms with Crippen molar-refractivity contribution in [1.29, 1.82) is 0 Å². The van der Waals surface area contributed by atoms with Crippen molar-refractivity contribution >= 4 is 17.4 Å². The number of hydrogen-bond donors (Lipinski definition) is 1. The van der Waals surface area contributed by atoms with Gasteiger partial charge in [-0.2, -0.15) is 5.10 Å². The highest BCUT2D eigenvalue weighted by Crippen LogP contribution is 2.19. The van der Waals surface area contributed by atoms with E-state index >= 15 is 0 Å². The van der Waals surface area contributed by atoms with Crippen molar-refractivity contribution in [2.24, 2.45) is 0 Å². The number of rotatable bonds is 5. The maximum absolute atomic E-state index is 11.9. The second-order valence-electron chi connectivity index (χ2n) is 5.41. The first-order chi connectivity index (χ1) is 10.8. The van der Waals surface area contributed by atoms with E-state index in [4.69, 9.17) is 0 Å². The summed E-state index contributed by atoms with van der Waals surface area (Å²) in [6.07, 6.45) is 9.01. The van der Waals surface area contributed by atoms with E-state index in [0.29, 0.717) is 18.8 Å². The molecule has 0 atom stereocenters. The predicted octanol–water partition coefficient (Wildman–Crippen LogP) is 1.69. The fourth-order valence-electron chi connectivity index (χ4n) is 2.57. The van der Waals surface area contributed by atoms with Crippen LogP contribution in [0.1, 0.15) is 25.7 Å². The number of carbonyl (C=O) groups is 1. The van der Waals surface area contributed by atoms with Gasteiger partial charge in [0.2, 0.25) is 5.91 Å². The van der Waals surface area contributed by atoms with E-state index in [1.54, 1.807) is 11.0 Å². The lowest BCUT2D eigenvalue weighted by Gasteiger charge is -2.28. The lowest BCUT2D eigenvalue weighted by Crippen LogP contribution is -2.29. The van der Waals surface area contributed by atoms with Gasteiger partial charge in [-0.1, -0.05) is 0 Å². The van der Waals surface area contributed by atoms with Crippen LogP contribution in [0.15, 0.2) is 31.0 Å². The van der Waals surface area contributed by atoms with Gasteiger partial charge < -0.3 is 10.2 Å². The van der Waals surface area contributed by atoms with E-state index < -0.39 is 0 Å². The van der Waals surface area contributed by atoms with Crippen LogP contribution in [0.3, 0.4) is 0 Å². The normalized spacial score (nSPS) is 14.8. The van der Waals surface area contributed by atoms with Gasteiger partial charge in [0.1, 0.15) is 18.5 Å². The number of hydrogen-bond acceptors (Lipinski definition) is 5. The minimum atomic E-state index is -0.0753. The predicted molar refractivity (Wildman–Crippen MR) is 83.6 cm³/mol. The Morgan fingerprint density at radius 1 is 1.23 bits per heavy atom. The SMILES string of the molecule is O=C(CCn1cncn1)Nc1ccc(N2CCCCC2)cn1. The summed E-state index contributed by atoms with van der Waals surface area (Å²) in [6, 6.07) is 3.88. The number of nitrogens with one attached hydrogen (secondary N) is 1. The third-order valence-electron chi connectivity index (χ3n) is 3.77. The maximum Gasteiger partial charge on any atom is 0.227 e. The lowest BCUT2D eigenvalue weighted by molar-refractivity contribution is -0.116. The Morgan fingerprint density at radius 3 is 2.77 bits per heavy atom. The Morgan fingerprint density at radius 2 is 2.09 bits per heavy atom. The zero-order valence-electron chi connectivity index (χ0n) is 12.5. The number of piperidine rings is 1. The van der Waals surface area contributed by atoms with Crippen molar-refractivity contribution in [3.8, 4) is 0 Å². The molecule has 1 saturated heterocycles. The van der Waals surface area contributed by atoms with Crippen LogP contribution in [0.25, 0.3) is 0 Å². The summed E-state index contributed by atoms with van der Waals surface area (Å²) >= 11 is 0. The molecule has 0 radical (unpaired) electrons. The average molecular weight is 300 g/mol. The van der Waals surface area contributed by atoms with E-state index in [2.05, 4.69) is 25.3 Å². The number of anilines is 2. The largest absolute Gasteiger partial charge is 0.370 e. The Hall–Kier alpha value is -2.44. The third-order valence-corrected chi connectivity index (χ3v) is 3.77. The maximum atomic E-state index is 11.9. The summed E-state index contributed by atoms with van der Waals surface area (Å²) in [5, 5.41) is 6.77.